The lowest BCUT2D eigenvalue weighted by Crippen LogP contribution is -2.43. The van der Waals surface area contributed by atoms with E-state index < -0.39 is 0 Å². The van der Waals surface area contributed by atoms with E-state index in [2.05, 4.69) is 15.2 Å². The van der Waals surface area contributed by atoms with Gasteiger partial charge in [-0.05, 0) is 43.0 Å². The Morgan fingerprint density at radius 1 is 1.25 bits per heavy atom. The molecule has 2 aromatic rings. The number of benzene rings is 1. The van der Waals surface area contributed by atoms with Gasteiger partial charge in [0.1, 0.15) is 5.76 Å². The van der Waals surface area contributed by atoms with Gasteiger partial charge in [0.25, 0.3) is 5.56 Å². The van der Waals surface area contributed by atoms with E-state index >= 15 is 0 Å². The summed E-state index contributed by atoms with van der Waals surface area (Å²) in [5, 5.41) is 14.1. The smallest absolute Gasteiger partial charge is 0.261 e. The average molecular weight is 326 g/mol. The molecular weight excluding hydrogens is 304 g/mol. The van der Waals surface area contributed by atoms with Gasteiger partial charge in [0.15, 0.2) is 0 Å². The largest absolute Gasteiger partial charge is 0.510 e. The van der Waals surface area contributed by atoms with E-state index in [9.17, 15) is 9.90 Å². The number of aliphatic hydroxyl groups is 1. The van der Waals surface area contributed by atoms with Crippen molar-refractivity contribution in [3.05, 3.63) is 46.2 Å². The number of aromatic nitrogens is 2. The summed E-state index contributed by atoms with van der Waals surface area (Å²) in [4.78, 5) is 19.4. The number of aliphatic hydroxyl groups excluding tert-OH is 1. The number of anilines is 1. The van der Waals surface area contributed by atoms with Crippen molar-refractivity contribution in [2.24, 2.45) is 0 Å². The molecule has 0 bridgehead atoms. The van der Waals surface area contributed by atoms with Crippen molar-refractivity contribution < 1.29 is 5.11 Å². The summed E-state index contributed by atoms with van der Waals surface area (Å²) >= 11 is 0. The summed E-state index contributed by atoms with van der Waals surface area (Å²) in [5.74, 6) is 0.322. The van der Waals surface area contributed by atoms with Gasteiger partial charge in [-0.2, -0.15) is 0 Å². The molecule has 0 radical (unpaired) electrons. The molecule has 1 saturated carbocycles. The Hall–Kier alpha value is -2.34. The van der Waals surface area contributed by atoms with Crippen LogP contribution in [-0.4, -0.2) is 40.8 Å². The standard InChI is InChI=1S/C18H22N4O2/c23-17(13-2-1-3-13)11-22-12-20-16-5-4-14(10-15(16)18(22)24)21-8-6-19-7-9-21/h4-5,10,12,19,23H,1-3,6-9,11H2. The molecule has 0 unspecified atom stereocenters. The van der Waals surface area contributed by atoms with Gasteiger partial charge in [0.05, 0.1) is 23.8 Å². The molecule has 1 aliphatic heterocycles. The van der Waals surface area contributed by atoms with Crippen molar-refractivity contribution in [3.8, 4) is 0 Å². The molecule has 0 spiro atoms. The highest BCUT2D eigenvalue weighted by Crippen LogP contribution is 2.28. The fourth-order valence-corrected chi connectivity index (χ4v) is 3.29. The van der Waals surface area contributed by atoms with Crippen molar-refractivity contribution in [2.45, 2.75) is 25.8 Å². The summed E-state index contributed by atoms with van der Waals surface area (Å²) in [6.45, 7) is 4.00. The summed E-state index contributed by atoms with van der Waals surface area (Å²) in [7, 11) is 0. The molecule has 2 aliphatic rings. The van der Waals surface area contributed by atoms with Gasteiger partial charge in [-0.3, -0.25) is 9.36 Å². The quantitative estimate of drug-likeness (QED) is 0.842. The molecule has 4 rings (SSSR count). The average Bonchev–Trinajstić information content (AvgIpc) is 2.56. The highest BCUT2D eigenvalue weighted by molar-refractivity contribution is 5.81. The maximum Gasteiger partial charge on any atom is 0.261 e. The number of hydrogen-bond donors (Lipinski definition) is 2. The normalized spacial score (nSPS) is 17.8. The van der Waals surface area contributed by atoms with Crippen molar-refractivity contribution in [1.82, 2.24) is 14.9 Å². The predicted octanol–water partition coefficient (Wildman–Crippen LogP) is 1.80. The van der Waals surface area contributed by atoms with Gasteiger partial charge in [-0.25, -0.2) is 4.98 Å². The maximum absolute atomic E-state index is 12.8. The van der Waals surface area contributed by atoms with Crippen LogP contribution in [0.1, 0.15) is 19.3 Å². The first-order chi connectivity index (χ1) is 11.7. The number of allylic oxidation sites excluding steroid dienone is 2. The number of nitrogens with zero attached hydrogens (tertiary/aromatic N) is 3. The van der Waals surface area contributed by atoms with Crippen LogP contribution in [0.15, 0.2) is 40.7 Å². The fraction of sp³-hybridized carbons (Fsp3) is 0.444. The van der Waals surface area contributed by atoms with Crippen LogP contribution in [0, 0.1) is 0 Å². The lowest BCUT2D eigenvalue weighted by Gasteiger charge is -2.29. The molecule has 126 valence electrons. The number of fused-ring (bicyclic) bond motifs is 1. The molecule has 1 aliphatic carbocycles. The maximum atomic E-state index is 12.8. The second-order valence-electron chi connectivity index (χ2n) is 6.52. The van der Waals surface area contributed by atoms with Crippen LogP contribution >= 0.6 is 0 Å². The van der Waals surface area contributed by atoms with Gasteiger partial charge in [0, 0.05) is 31.9 Å². The van der Waals surface area contributed by atoms with Crippen LogP contribution in [0.4, 0.5) is 5.69 Å². The van der Waals surface area contributed by atoms with E-state index in [4.69, 9.17) is 0 Å². The number of piperazine rings is 1. The molecule has 1 aromatic heterocycles. The van der Waals surface area contributed by atoms with Gasteiger partial charge in [-0.15, -0.1) is 0 Å². The van der Waals surface area contributed by atoms with Crippen LogP contribution in [-0.2, 0) is 6.54 Å². The van der Waals surface area contributed by atoms with E-state index in [1.54, 1.807) is 0 Å². The molecule has 0 amide bonds. The van der Waals surface area contributed by atoms with Gasteiger partial charge < -0.3 is 15.3 Å². The zero-order chi connectivity index (χ0) is 16.5. The van der Waals surface area contributed by atoms with E-state index in [0.29, 0.717) is 16.7 Å². The second-order valence-corrected chi connectivity index (χ2v) is 6.52. The molecule has 2 N–H and O–H groups in total. The number of nitrogens with one attached hydrogen (secondary N) is 1. The third kappa shape index (κ3) is 2.78. The number of rotatable bonds is 3. The van der Waals surface area contributed by atoms with Crippen molar-refractivity contribution in [1.29, 1.82) is 0 Å². The van der Waals surface area contributed by atoms with E-state index in [1.165, 1.54) is 10.9 Å². The number of hydrogen-bond acceptors (Lipinski definition) is 5. The first-order valence-electron chi connectivity index (χ1n) is 8.57. The van der Waals surface area contributed by atoms with Crippen LogP contribution in [0.3, 0.4) is 0 Å². The van der Waals surface area contributed by atoms with Crippen LogP contribution in [0.5, 0.6) is 0 Å². The first-order valence-corrected chi connectivity index (χ1v) is 8.57. The Morgan fingerprint density at radius 2 is 2.04 bits per heavy atom. The first kappa shape index (κ1) is 15.2. The molecular formula is C18H22N4O2. The summed E-state index contributed by atoms with van der Waals surface area (Å²) in [6.07, 6.45) is 4.53. The second kappa shape index (κ2) is 6.28. The minimum atomic E-state index is -0.0940. The summed E-state index contributed by atoms with van der Waals surface area (Å²) in [6, 6.07) is 5.86. The molecule has 2 heterocycles. The Morgan fingerprint density at radius 3 is 2.75 bits per heavy atom. The monoisotopic (exact) mass is 326 g/mol. The summed E-state index contributed by atoms with van der Waals surface area (Å²) < 4.78 is 1.50. The molecule has 24 heavy (non-hydrogen) atoms. The van der Waals surface area contributed by atoms with E-state index in [0.717, 1.165) is 56.7 Å². The lowest BCUT2D eigenvalue weighted by molar-refractivity contribution is 0.351. The van der Waals surface area contributed by atoms with Crippen molar-refractivity contribution >= 4 is 16.6 Å². The Kier molecular flexibility index (Phi) is 3.98. The highest BCUT2D eigenvalue weighted by Gasteiger charge is 2.16. The minimum absolute atomic E-state index is 0.0940. The molecule has 6 heteroatoms. The third-order valence-corrected chi connectivity index (χ3v) is 4.98. The lowest BCUT2D eigenvalue weighted by atomic mass is 9.91. The Labute approximate surface area is 140 Å². The predicted molar refractivity (Wildman–Crippen MR) is 94.6 cm³/mol. The van der Waals surface area contributed by atoms with Gasteiger partial charge in [0.2, 0.25) is 0 Å². The van der Waals surface area contributed by atoms with Crippen LogP contribution in [0.25, 0.3) is 10.9 Å². The third-order valence-electron chi connectivity index (χ3n) is 4.98. The zero-order valence-corrected chi connectivity index (χ0v) is 13.7. The van der Waals surface area contributed by atoms with Crippen LogP contribution in [0.2, 0.25) is 0 Å². The fourth-order valence-electron chi connectivity index (χ4n) is 3.29. The Balaban J connectivity index is 1.69. The summed E-state index contributed by atoms with van der Waals surface area (Å²) in [5.41, 5.74) is 2.73. The van der Waals surface area contributed by atoms with Crippen molar-refractivity contribution in [3.63, 3.8) is 0 Å². The zero-order valence-electron chi connectivity index (χ0n) is 13.7. The highest BCUT2D eigenvalue weighted by atomic mass is 16.3. The Bertz CT molecular complexity index is 844. The SMILES string of the molecule is O=c1c2cc(N3CCNCC3)ccc2ncn1CC(O)=C1CCC1. The van der Waals surface area contributed by atoms with E-state index in [1.807, 2.05) is 18.2 Å². The minimum Gasteiger partial charge on any atom is -0.510 e. The van der Waals surface area contributed by atoms with Crippen LogP contribution < -0.4 is 15.8 Å². The van der Waals surface area contributed by atoms with E-state index in [-0.39, 0.29) is 12.1 Å². The topological polar surface area (TPSA) is 70.4 Å². The molecule has 6 nitrogen and oxygen atoms in total. The van der Waals surface area contributed by atoms with Gasteiger partial charge >= 0.3 is 0 Å². The molecule has 1 aromatic carbocycles. The molecule has 0 atom stereocenters. The molecule has 2 fully saturated rings. The molecule has 1 saturated heterocycles. The van der Waals surface area contributed by atoms with Crippen molar-refractivity contribution in [2.75, 3.05) is 31.1 Å². The van der Waals surface area contributed by atoms with Gasteiger partial charge in [-0.1, -0.05) is 0 Å².